The van der Waals surface area contributed by atoms with Gasteiger partial charge in [0.25, 0.3) is 0 Å². The molecule has 1 aliphatic heterocycles. The Morgan fingerprint density at radius 3 is 1.74 bits per heavy atom. The minimum absolute atomic E-state index is 0.00868. The Labute approximate surface area is 224 Å². The maximum Gasteiger partial charge on any atom is 0.414 e. The quantitative estimate of drug-likeness (QED) is 0.335. The molecule has 1 heterocycles. The lowest BCUT2D eigenvalue weighted by atomic mass is 9.93. The van der Waals surface area contributed by atoms with Crippen molar-refractivity contribution in [3.8, 4) is 0 Å². The Morgan fingerprint density at radius 2 is 1.26 bits per heavy atom. The van der Waals surface area contributed by atoms with Gasteiger partial charge in [0.1, 0.15) is 6.10 Å². The molecule has 4 rings (SSSR count). The highest BCUT2D eigenvalue weighted by Gasteiger charge is 2.22. The molecule has 0 unspecified atom stereocenters. The summed E-state index contributed by atoms with van der Waals surface area (Å²) in [6, 6.07) is 31.3. The van der Waals surface area contributed by atoms with Crippen molar-refractivity contribution in [1.82, 2.24) is 4.90 Å². The number of likely N-dealkylation sites (tertiary alicyclic amines) is 1. The molecule has 0 radical (unpaired) electrons. The molecule has 0 aromatic heterocycles. The first-order valence-corrected chi connectivity index (χ1v) is 13.0. The van der Waals surface area contributed by atoms with E-state index in [0.717, 1.165) is 39.1 Å². The Bertz CT molecular complexity index is 1030. The molecule has 3 aromatic carbocycles. The minimum atomic E-state index is -1.82. The van der Waals surface area contributed by atoms with E-state index in [-0.39, 0.29) is 12.2 Å². The second-order valence-corrected chi connectivity index (χ2v) is 9.56. The zero-order chi connectivity index (χ0) is 27.2. The fraction of sp³-hybridized carbons (Fsp3) is 0.355. The van der Waals surface area contributed by atoms with E-state index in [4.69, 9.17) is 24.5 Å². The molecule has 1 aliphatic rings. The Balaban J connectivity index is 0.000000599. The van der Waals surface area contributed by atoms with Crippen molar-refractivity contribution in [1.29, 1.82) is 0 Å². The number of rotatable bonds is 10. The summed E-state index contributed by atoms with van der Waals surface area (Å²) in [5, 5.41) is 25.3. The molecule has 3 aromatic rings. The van der Waals surface area contributed by atoms with Gasteiger partial charge < -0.3 is 25.0 Å². The van der Waals surface area contributed by atoms with Gasteiger partial charge in [-0.1, -0.05) is 91.0 Å². The summed E-state index contributed by atoms with van der Waals surface area (Å²) in [4.78, 5) is 20.6. The molecule has 202 valence electrons. The molecule has 7 nitrogen and oxygen atoms in total. The first-order chi connectivity index (χ1) is 18.4. The van der Waals surface area contributed by atoms with Gasteiger partial charge in [0.05, 0.1) is 6.10 Å². The number of β-amino-alcohol motifs (C(OH)–C–C–N with tert-alkyl or cyclic N) is 1. The lowest BCUT2D eigenvalue weighted by molar-refractivity contribution is -0.159. The number of piperidine rings is 1. The number of aliphatic hydroxyl groups excluding tert-OH is 1. The zero-order valence-electron chi connectivity index (χ0n) is 21.6. The van der Waals surface area contributed by atoms with Gasteiger partial charge >= 0.3 is 11.9 Å². The summed E-state index contributed by atoms with van der Waals surface area (Å²) >= 11 is 0. The lowest BCUT2D eigenvalue weighted by Gasteiger charge is -2.33. The van der Waals surface area contributed by atoms with E-state index in [2.05, 4.69) is 77.7 Å². The van der Waals surface area contributed by atoms with Gasteiger partial charge in [-0.25, -0.2) is 9.59 Å². The highest BCUT2D eigenvalue weighted by atomic mass is 16.5. The van der Waals surface area contributed by atoms with E-state index in [9.17, 15) is 5.11 Å². The number of benzene rings is 3. The van der Waals surface area contributed by atoms with Crippen molar-refractivity contribution in [2.24, 2.45) is 5.92 Å². The van der Waals surface area contributed by atoms with Crippen LogP contribution in [0, 0.1) is 5.92 Å². The molecule has 38 heavy (non-hydrogen) atoms. The topological polar surface area (TPSA) is 107 Å². The Morgan fingerprint density at radius 1 is 0.789 bits per heavy atom. The maximum absolute atomic E-state index is 10.5. The van der Waals surface area contributed by atoms with Crippen LogP contribution in [-0.4, -0.2) is 64.5 Å². The lowest BCUT2D eigenvalue weighted by Crippen LogP contribution is -2.39. The minimum Gasteiger partial charge on any atom is -0.473 e. The van der Waals surface area contributed by atoms with Crippen LogP contribution in [0.4, 0.5) is 0 Å². The molecule has 0 amide bonds. The van der Waals surface area contributed by atoms with Crippen molar-refractivity contribution in [2.75, 3.05) is 26.2 Å². The molecule has 0 spiro atoms. The third-order valence-electron chi connectivity index (χ3n) is 6.69. The van der Waals surface area contributed by atoms with Gasteiger partial charge in [-0.2, -0.15) is 0 Å². The molecule has 0 aliphatic carbocycles. The second-order valence-electron chi connectivity index (χ2n) is 9.56. The van der Waals surface area contributed by atoms with Crippen molar-refractivity contribution in [2.45, 2.75) is 37.9 Å². The van der Waals surface area contributed by atoms with Crippen LogP contribution in [0.1, 0.15) is 42.1 Å². The summed E-state index contributed by atoms with van der Waals surface area (Å²) in [5.41, 5.74) is 3.63. The molecule has 0 saturated carbocycles. The van der Waals surface area contributed by atoms with Crippen molar-refractivity contribution < 1.29 is 29.6 Å². The molecule has 7 heteroatoms. The number of hydrogen-bond acceptors (Lipinski definition) is 5. The predicted octanol–water partition coefficient (Wildman–Crippen LogP) is 4.65. The van der Waals surface area contributed by atoms with Crippen molar-refractivity contribution in [3.63, 3.8) is 0 Å². The molecule has 0 bridgehead atoms. The summed E-state index contributed by atoms with van der Waals surface area (Å²) in [7, 11) is 0. The number of carboxylic acids is 2. The highest BCUT2D eigenvalue weighted by Crippen LogP contribution is 2.28. The first kappa shape index (κ1) is 29.0. The van der Waals surface area contributed by atoms with E-state index in [0.29, 0.717) is 5.92 Å². The van der Waals surface area contributed by atoms with Crippen molar-refractivity contribution in [3.05, 3.63) is 108 Å². The normalized spacial score (nSPS) is 14.9. The van der Waals surface area contributed by atoms with Crippen LogP contribution >= 0.6 is 0 Å². The van der Waals surface area contributed by atoms with Crippen LogP contribution < -0.4 is 0 Å². The van der Waals surface area contributed by atoms with Gasteiger partial charge in [-0.05, 0) is 61.4 Å². The largest absolute Gasteiger partial charge is 0.473 e. The van der Waals surface area contributed by atoms with Crippen LogP contribution in [0.25, 0.3) is 0 Å². The third kappa shape index (κ3) is 10.1. The summed E-state index contributed by atoms with van der Waals surface area (Å²) in [6.45, 7) is 3.67. The monoisotopic (exact) mass is 519 g/mol. The number of nitrogens with zero attached hydrogens (tertiary/aromatic N) is 1. The van der Waals surface area contributed by atoms with E-state index in [1.165, 1.54) is 29.5 Å². The number of aliphatic carboxylic acids is 2. The maximum atomic E-state index is 10.5. The molecule has 1 saturated heterocycles. The second kappa shape index (κ2) is 15.7. The van der Waals surface area contributed by atoms with Gasteiger partial charge in [-0.3, -0.25) is 0 Å². The molecule has 1 atom stereocenters. The zero-order valence-corrected chi connectivity index (χ0v) is 21.6. The summed E-state index contributed by atoms with van der Waals surface area (Å²) in [6.07, 6.45) is 3.89. The summed E-state index contributed by atoms with van der Waals surface area (Å²) in [5.74, 6) is -2.95. The Hall–Kier alpha value is -3.52. The molecule has 1 fully saturated rings. The number of aliphatic hydroxyl groups is 1. The smallest absolute Gasteiger partial charge is 0.414 e. The standard InChI is InChI=1S/C29H35NO2.C2H2O4/c31-28(22-25-10-4-1-5-11-25)23-30-19-16-24(17-20-30)18-21-32-29(26-12-6-2-7-13-26)27-14-8-3-9-15-27;3-1(4)2(5)6/h1-15,24,28-29,31H,16-23H2;(H,3,4)(H,5,6)/t28-;/m0./s1. The van der Waals surface area contributed by atoms with Gasteiger partial charge in [0.2, 0.25) is 0 Å². The third-order valence-corrected chi connectivity index (χ3v) is 6.69. The van der Waals surface area contributed by atoms with E-state index < -0.39 is 11.9 Å². The molecular weight excluding hydrogens is 482 g/mol. The highest BCUT2D eigenvalue weighted by molar-refractivity contribution is 6.27. The van der Waals surface area contributed by atoms with Gasteiger partial charge in [0.15, 0.2) is 0 Å². The van der Waals surface area contributed by atoms with Gasteiger partial charge in [0, 0.05) is 13.2 Å². The van der Waals surface area contributed by atoms with Crippen molar-refractivity contribution >= 4 is 11.9 Å². The van der Waals surface area contributed by atoms with Crippen LogP contribution in [0.5, 0.6) is 0 Å². The average Bonchev–Trinajstić information content (AvgIpc) is 2.94. The van der Waals surface area contributed by atoms with E-state index in [1.807, 2.05) is 18.2 Å². The van der Waals surface area contributed by atoms with Crippen LogP contribution in [0.3, 0.4) is 0 Å². The fourth-order valence-electron chi connectivity index (χ4n) is 4.70. The van der Waals surface area contributed by atoms with E-state index in [1.54, 1.807) is 0 Å². The average molecular weight is 520 g/mol. The molecular formula is C31H37NO6. The van der Waals surface area contributed by atoms with Crippen LogP contribution in [0.2, 0.25) is 0 Å². The fourth-order valence-corrected chi connectivity index (χ4v) is 4.70. The SMILES string of the molecule is O=C(O)C(=O)O.O[C@@H](Cc1ccccc1)CN1CCC(CCOC(c2ccccc2)c2ccccc2)CC1. The molecule has 3 N–H and O–H groups in total. The summed E-state index contributed by atoms with van der Waals surface area (Å²) < 4.78 is 6.42. The van der Waals surface area contributed by atoms with E-state index >= 15 is 0 Å². The van der Waals surface area contributed by atoms with Crippen LogP contribution in [0.15, 0.2) is 91.0 Å². The van der Waals surface area contributed by atoms with Gasteiger partial charge in [-0.15, -0.1) is 0 Å². The van der Waals surface area contributed by atoms with Crippen LogP contribution in [-0.2, 0) is 20.7 Å². The number of carboxylic acid groups (broad SMARTS) is 2. The predicted molar refractivity (Wildman–Crippen MR) is 146 cm³/mol. The first-order valence-electron chi connectivity index (χ1n) is 13.0. The Kier molecular flexibility index (Phi) is 12.0. The number of carbonyl (C=O) groups is 2. The number of hydrogen-bond donors (Lipinski definition) is 3. The number of ether oxygens (including phenoxy) is 1.